The van der Waals surface area contributed by atoms with Crippen molar-refractivity contribution in [1.29, 1.82) is 0 Å². The van der Waals surface area contributed by atoms with Crippen LogP contribution in [0.5, 0.6) is 0 Å². The lowest BCUT2D eigenvalue weighted by Gasteiger charge is -2.08. The van der Waals surface area contributed by atoms with Crippen molar-refractivity contribution in [2.24, 2.45) is 0 Å². The number of aryl methyl sites for hydroxylation is 1. The van der Waals surface area contributed by atoms with Crippen LogP contribution < -0.4 is 5.73 Å². The average Bonchev–Trinajstić information content (AvgIpc) is 2.32. The lowest BCUT2D eigenvalue weighted by Crippen LogP contribution is -2.07. The zero-order chi connectivity index (χ0) is 13.3. The lowest BCUT2D eigenvalue weighted by molar-refractivity contribution is 0.103. The van der Waals surface area contributed by atoms with Gasteiger partial charge >= 0.3 is 0 Å². The first-order chi connectivity index (χ1) is 8.50. The molecule has 0 amide bonds. The molecule has 0 bridgehead atoms. The van der Waals surface area contributed by atoms with Crippen molar-refractivity contribution >= 4 is 27.4 Å². The summed E-state index contributed by atoms with van der Waals surface area (Å²) < 4.78 is 13.4. The summed E-state index contributed by atoms with van der Waals surface area (Å²) in [6.07, 6.45) is 0. The highest BCUT2D eigenvalue weighted by Gasteiger charge is 2.15. The van der Waals surface area contributed by atoms with Crippen LogP contribution in [0.2, 0.25) is 0 Å². The molecule has 0 fully saturated rings. The van der Waals surface area contributed by atoms with Gasteiger partial charge in [0.05, 0.1) is 4.47 Å². The van der Waals surface area contributed by atoms with Crippen LogP contribution >= 0.6 is 15.9 Å². The van der Waals surface area contributed by atoms with Crippen LogP contribution in [-0.2, 0) is 0 Å². The standard InChI is InChI=1S/C14H11BrFNO/c1-8-3-2-4-12(17)13(8)14(18)9-5-6-11(16)10(15)7-9/h2-7H,17H2,1H3. The minimum absolute atomic E-state index is 0.202. The van der Waals surface area contributed by atoms with Crippen molar-refractivity contribution in [3.8, 4) is 0 Å². The van der Waals surface area contributed by atoms with Gasteiger partial charge in [-0.15, -0.1) is 0 Å². The van der Waals surface area contributed by atoms with Crippen LogP contribution in [0.3, 0.4) is 0 Å². The van der Waals surface area contributed by atoms with Crippen molar-refractivity contribution in [2.45, 2.75) is 6.92 Å². The Morgan fingerprint density at radius 3 is 2.61 bits per heavy atom. The Balaban J connectivity index is 2.51. The van der Waals surface area contributed by atoms with Crippen molar-refractivity contribution in [3.05, 3.63) is 63.4 Å². The van der Waals surface area contributed by atoms with E-state index in [1.807, 2.05) is 13.0 Å². The van der Waals surface area contributed by atoms with E-state index in [1.165, 1.54) is 18.2 Å². The van der Waals surface area contributed by atoms with E-state index in [9.17, 15) is 9.18 Å². The van der Waals surface area contributed by atoms with Gasteiger partial charge in [-0.05, 0) is 52.7 Å². The van der Waals surface area contributed by atoms with Crippen LogP contribution in [0.25, 0.3) is 0 Å². The highest BCUT2D eigenvalue weighted by molar-refractivity contribution is 9.10. The van der Waals surface area contributed by atoms with E-state index in [2.05, 4.69) is 15.9 Å². The number of hydrogen-bond donors (Lipinski definition) is 1. The summed E-state index contributed by atoms with van der Waals surface area (Å²) in [5, 5.41) is 0. The number of rotatable bonds is 2. The molecule has 0 atom stereocenters. The number of benzene rings is 2. The van der Waals surface area contributed by atoms with Crippen LogP contribution in [-0.4, -0.2) is 5.78 Å². The van der Waals surface area contributed by atoms with Crippen LogP contribution in [0, 0.1) is 12.7 Å². The summed E-state index contributed by atoms with van der Waals surface area (Å²) in [5.74, 6) is -0.601. The molecule has 2 N–H and O–H groups in total. The first-order valence-corrected chi connectivity index (χ1v) is 6.15. The maximum Gasteiger partial charge on any atom is 0.195 e. The molecule has 0 aliphatic heterocycles. The number of hydrogen-bond acceptors (Lipinski definition) is 2. The summed E-state index contributed by atoms with van der Waals surface area (Å²) in [7, 11) is 0. The molecule has 4 heteroatoms. The Kier molecular flexibility index (Phi) is 3.48. The minimum atomic E-state index is -0.399. The fourth-order valence-electron chi connectivity index (χ4n) is 1.78. The predicted molar refractivity (Wildman–Crippen MR) is 73.1 cm³/mol. The lowest BCUT2D eigenvalue weighted by atomic mass is 9.97. The predicted octanol–water partition coefficient (Wildman–Crippen LogP) is 3.71. The van der Waals surface area contributed by atoms with E-state index in [1.54, 1.807) is 12.1 Å². The van der Waals surface area contributed by atoms with Gasteiger partial charge in [-0.2, -0.15) is 0 Å². The second-order valence-corrected chi connectivity index (χ2v) is 4.85. The van der Waals surface area contributed by atoms with Crippen LogP contribution in [0.15, 0.2) is 40.9 Å². The molecule has 0 saturated heterocycles. The molecule has 0 heterocycles. The largest absolute Gasteiger partial charge is 0.398 e. The first kappa shape index (κ1) is 12.8. The molecular formula is C14H11BrFNO. The van der Waals surface area contributed by atoms with E-state index in [0.717, 1.165) is 5.56 Å². The number of halogens is 2. The van der Waals surface area contributed by atoms with Crippen molar-refractivity contribution in [2.75, 3.05) is 5.73 Å². The Morgan fingerprint density at radius 2 is 2.00 bits per heavy atom. The molecule has 0 aliphatic rings. The highest BCUT2D eigenvalue weighted by atomic mass is 79.9. The van der Waals surface area contributed by atoms with Gasteiger partial charge in [0.25, 0.3) is 0 Å². The van der Waals surface area contributed by atoms with Gasteiger partial charge in [0.15, 0.2) is 5.78 Å². The average molecular weight is 308 g/mol. The summed E-state index contributed by atoms with van der Waals surface area (Å²) >= 11 is 3.07. The number of nitrogens with two attached hydrogens (primary N) is 1. The van der Waals surface area contributed by atoms with E-state index in [-0.39, 0.29) is 10.3 Å². The first-order valence-electron chi connectivity index (χ1n) is 5.35. The van der Waals surface area contributed by atoms with Gasteiger partial charge in [0, 0.05) is 16.8 Å². The Morgan fingerprint density at radius 1 is 1.28 bits per heavy atom. The molecule has 2 aromatic carbocycles. The summed E-state index contributed by atoms with van der Waals surface area (Å²) in [6.45, 7) is 1.82. The molecule has 0 saturated carbocycles. The molecule has 0 spiro atoms. The van der Waals surface area contributed by atoms with Gasteiger partial charge in [-0.3, -0.25) is 4.79 Å². The van der Waals surface area contributed by atoms with Crippen molar-refractivity contribution in [3.63, 3.8) is 0 Å². The number of carbonyl (C=O) groups is 1. The van der Waals surface area contributed by atoms with Crippen LogP contribution in [0.4, 0.5) is 10.1 Å². The van der Waals surface area contributed by atoms with Gasteiger partial charge in [0.2, 0.25) is 0 Å². The smallest absolute Gasteiger partial charge is 0.195 e. The SMILES string of the molecule is Cc1cccc(N)c1C(=O)c1ccc(F)c(Br)c1. The second-order valence-electron chi connectivity index (χ2n) is 4.00. The summed E-state index contributed by atoms with van der Waals surface area (Å²) in [5.41, 5.74) is 7.93. The van der Waals surface area contributed by atoms with E-state index in [4.69, 9.17) is 5.73 Å². The third kappa shape index (κ3) is 2.29. The summed E-state index contributed by atoms with van der Waals surface area (Å²) in [6, 6.07) is 9.46. The zero-order valence-corrected chi connectivity index (χ0v) is 11.3. The second kappa shape index (κ2) is 4.90. The van der Waals surface area contributed by atoms with E-state index < -0.39 is 5.82 Å². The van der Waals surface area contributed by atoms with Crippen molar-refractivity contribution in [1.82, 2.24) is 0 Å². The monoisotopic (exact) mass is 307 g/mol. The Bertz CT molecular complexity index is 605. The van der Waals surface area contributed by atoms with Gasteiger partial charge in [-0.1, -0.05) is 12.1 Å². The maximum absolute atomic E-state index is 13.1. The molecule has 0 aliphatic carbocycles. The molecular weight excluding hydrogens is 297 g/mol. The van der Waals surface area contributed by atoms with Crippen LogP contribution in [0.1, 0.15) is 21.5 Å². The third-order valence-electron chi connectivity index (χ3n) is 2.71. The number of nitrogen functional groups attached to an aromatic ring is 1. The van der Waals surface area contributed by atoms with Gasteiger partial charge < -0.3 is 5.73 Å². The maximum atomic E-state index is 13.1. The van der Waals surface area contributed by atoms with Gasteiger partial charge in [0.1, 0.15) is 5.82 Å². The zero-order valence-electron chi connectivity index (χ0n) is 9.71. The molecule has 2 rings (SSSR count). The molecule has 0 radical (unpaired) electrons. The molecule has 92 valence electrons. The molecule has 0 unspecified atom stereocenters. The van der Waals surface area contributed by atoms with E-state index >= 15 is 0 Å². The molecule has 18 heavy (non-hydrogen) atoms. The minimum Gasteiger partial charge on any atom is -0.398 e. The fraction of sp³-hybridized carbons (Fsp3) is 0.0714. The fourth-order valence-corrected chi connectivity index (χ4v) is 2.16. The number of anilines is 1. The Labute approximate surface area is 113 Å². The summed E-state index contributed by atoms with van der Waals surface area (Å²) in [4.78, 5) is 12.3. The number of ketones is 1. The Hall–Kier alpha value is -1.68. The van der Waals surface area contributed by atoms with E-state index in [0.29, 0.717) is 16.8 Å². The number of carbonyl (C=O) groups excluding carboxylic acids is 1. The quantitative estimate of drug-likeness (QED) is 0.679. The molecule has 0 aromatic heterocycles. The van der Waals surface area contributed by atoms with Crippen molar-refractivity contribution < 1.29 is 9.18 Å². The normalized spacial score (nSPS) is 10.4. The highest BCUT2D eigenvalue weighted by Crippen LogP contribution is 2.23. The topological polar surface area (TPSA) is 43.1 Å². The molecule has 2 aromatic rings. The third-order valence-corrected chi connectivity index (χ3v) is 3.32. The van der Waals surface area contributed by atoms with Gasteiger partial charge in [-0.25, -0.2) is 4.39 Å². The molecule has 2 nitrogen and oxygen atoms in total.